The Balaban J connectivity index is 1.70. The molecule has 0 aliphatic carbocycles. The zero-order valence-corrected chi connectivity index (χ0v) is 16.4. The molecule has 2 unspecified atom stereocenters. The van der Waals surface area contributed by atoms with Crippen LogP contribution in [0.5, 0.6) is 0 Å². The van der Waals surface area contributed by atoms with Crippen LogP contribution in [0.25, 0.3) is 0 Å². The first-order valence-electron chi connectivity index (χ1n) is 9.35. The number of anilines is 2. The Bertz CT molecular complexity index is 774. The largest absolute Gasteiger partial charge is 0.444 e. The summed E-state index contributed by atoms with van der Waals surface area (Å²) in [6.07, 6.45) is -1.90. The molecule has 2 atom stereocenters. The number of carbonyl (C=O) groups excluding carboxylic acids is 2. The van der Waals surface area contributed by atoms with Gasteiger partial charge < -0.3 is 24.8 Å². The number of amides is 2. The van der Waals surface area contributed by atoms with Crippen LogP contribution >= 0.6 is 0 Å². The van der Waals surface area contributed by atoms with Crippen molar-refractivity contribution in [3.63, 3.8) is 0 Å². The second-order valence-electron chi connectivity index (χ2n) is 7.14. The van der Waals surface area contributed by atoms with Crippen molar-refractivity contribution < 1.29 is 32.6 Å². The third-order valence-electron chi connectivity index (χ3n) is 5.45. The smallest absolute Gasteiger partial charge is 0.414 e. The number of benzene rings is 1. The van der Waals surface area contributed by atoms with Gasteiger partial charge in [0.1, 0.15) is 11.9 Å². The molecule has 2 aliphatic rings. The molecule has 0 spiro atoms. The first kappa shape index (κ1) is 21.3. The molecule has 2 N–H and O–H groups in total. The standard InChI is InChI=1S/C19H25F2N3O5/c1-27-19(28-2)7-8-23(11-16(19)21)15-5-3-12(9-14(15)20)24-10-13(29-18(24)26)4-6-17(22)25/h3,5,9,13,16H,4,6-8,10-11H2,1-2H3,(H2,22,25). The Hall–Kier alpha value is -2.46. The molecule has 2 amide bonds. The molecule has 8 nitrogen and oxygen atoms in total. The second kappa shape index (κ2) is 8.50. The summed E-state index contributed by atoms with van der Waals surface area (Å²) in [4.78, 5) is 25.9. The van der Waals surface area contributed by atoms with Crippen LogP contribution in [0.2, 0.25) is 0 Å². The van der Waals surface area contributed by atoms with Gasteiger partial charge in [0.25, 0.3) is 0 Å². The summed E-state index contributed by atoms with van der Waals surface area (Å²) >= 11 is 0. The lowest BCUT2D eigenvalue weighted by molar-refractivity contribution is -0.249. The number of ether oxygens (including phenoxy) is 3. The van der Waals surface area contributed by atoms with Gasteiger partial charge in [0.2, 0.25) is 11.7 Å². The van der Waals surface area contributed by atoms with E-state index in [2.05, 4.69) is 0 Å². The lowest BCUT2D eigenvalue weighted by atomic mass is 10.0. The maximum atomic E-state index is 14.8. The van der Waals surface area contributed by atoms with E-state index in [1.807, 2.05) is 0 Å². The van der Waals surface area contributed by atoms with Crippen LogP contribution in [0.15, 0.2) is 18.2 Å². The third-order valence-corrected chi connectivity index (χ3v) is 5.45. The Morgan fingerprint density at radius 3 is 2.66 bits per heavy atom. The van der Waals surface area contributed by atoms with Gasteiger partial charge in [-0.25, -0.2) is 13.6 Å². The summed E-state index contributed by atoms with van der Waals surface area (Å²) in [5, 5.41) is 0. The van der Waals surface area contributed by atoms with Gasteiger partial charge in [-0.05, 0) is 24.6 Å². The maximum Gasteiger partial charge on any atom is 0.414 e. The number of nitrogens with two attached hydrogens (primary N) is 1. The number of cyclic esters (lactones) is 1. The number of hydrogen-bond donors (Lipinski definition) is 1. The molecule has 0 saturated carbocycles. The molecule has 1 aromatic carbocycles. The molecule has 2 saturated heterocycles. The highest BCUT2D eigenvalue weighted by Gasteiger charge is 2.45. The van der Waals surface area contributed by atoms with E-state index in [0.717, 1.165) is 0 Å². The summed E-state index contributed by atoms with van der Waals surface area (Å²) in [7, 11) is 2.76. The Labute approximate surface area is 167 Å². The van der Waals surface area contributed by atoms with Crippen LogP contribution in [-0.4, -0.2) is 63.9 Å². The van der Waals surface area contributed by atoms with Gasteiger partial charge in [0, 0.05) is 33.6 Å². The van der Waals surface area contributed by atoms with E-state index in [0.29, 0.717) is 18.7 Å². The minimum Gasteiger partial charge on any atom is -0.444 e. The van der Waals surface area contributed by atoms with Crippen molar-refractivity contribution in [1.29, 1.82) is 0 Å². The van der Waals surface area contributed by atoms with E-state index in [9.17, 15) is 18.4 Å². The van der Waals surface area contributed by atoms with E-state index in [1.54, 1.807) is 11.0 Å². The fourth-order valence-corrected chi connectivity index (χ4v) is 3.74. The minimum atomic E-state index is -1.45. The van der Waals surface area contributed by atoms with Crippen molar-refractivity contribution >= 4 is 23.4 Å². The summed E-state index contributed by atoms with van der Waals surface area (Å²) < 4.78 is 45.0. The summed E-state index contributed by atoms with van der Waals surface area (Å²) in [6.45, 7) is 0.462. The average molecular weight is 413 g/mol. The predicted octanol–water partition coefficient (Wildman–Crippen LogP) is 1.95. The van der Waals surface area contributed by atoms with Crippen molar-refractivity contribution in [3.8, 4) is 0 Å². The van der Waals surface area contributed by atoms with Crippen molar-refractivity contribution in [1.82, 2.24) is 0 Å². The Morgan fingerprint density at radius 2 is 2.07 bits per heavy atom. The number of primary amides is 1. The van der Waals surface area contributed by atoms with Gasteiger partial charge >= 0.3 is 6.09 Å². The zero-order chi connectivity index (χ0) is 21.2. The number of piperidine rings is 1. The highest BCUT2D eigenvalue weighted by molar-refractivity contribution is 5.90. The molecular weight excluding hydrogens is 388 g/mol. The highest BCUT2D eigenvalue weighted by Crippen LogP contribution is 2.34. The fraction of sp³-hybridized carbons (Fsp3) is 0.579. The second-order valence-corrected chi connectivity index (χ2v) is 7.14. The Kier molecular flexibility index (Phi) is 6.23. The molecular formula is C19H25F2N3O5. The predicted molar refractivity (Wildman–Crippen MR) is 101 cm³/mol. The first-order chi connectivity index (χ1) is 13.8. The van der Waals surface area contributed by atoms with Crippen LogP contribution in [-0.2, 0) is 19.0 Å². The van der Waals surface area contributed by atoms with Gasteiger partial charge in [-0.1, -0.05) is 0 Å². The first-order valence-corrected chi connectivity index (χ1v) is 9.35. The van der Waals surface area contributed by atoms with Crippen LogP contribution in [0.3, 0.4) is 0 Å². The minimum absolute atomic E-state index is 0.0844. The topological polar surface area (TPSA) is 94.3 Å². The van der Waals surface area contributed by atoms with E-state index >= 15 is 0 Å². The van der Waals surface area contributed by atoms with Gasteiger partial charge in [0.15, 0.2) is 6.17 Å². The van der Waals surface area contributed by atoms with Gasteiger partial charge in [-0.3, -0.25) is 9.69 Å². The molecule has 0 bridgehead atoms. The van der Waals surface area contributed by atoms with Crippen LogP contribution < -0.4 is 15.5 Å². The number of methoxy groups -OCH3 is 2. The molecule has 0 radical (unpaired) electrons. The van der Waals surface area contributed by atoms with Crippen molar-refractivity contribution in [2.45, 2.75) is 37.3 Å². The number of carbonyl (C=O) groups is 2. The molecule has 1 aromatic rings. The van der Waals surface area contributed by atoms with Gasteiger partial charge in [-0.2, -0.15) is 0 Å². The number of hydrogen-bond acceptors (Lipinski definition) is 6. The average Bonchev–Trinajstić information content (AvgIpc) is 3.07. The van der Waals surface area contributed by atoms with Crippen molar-refractivity contribution in [2.75, 3.05) is 43.7 Å². The molecule has 160 valence electrons. The van der Waals surface area contributed by atoms with E-state index in [-0.39, 0.29) is 31.6 Å². The highest BCUT2D eigenvalue weighted by atomic mass is 19.1. The third kappa shape index (κ3) is 4.27. The number of rotatable bonds is 7. The molecule has 29 heavy (non-hydrogen) atoms. The maximum absolute atomic E-state index is 14.8. The summed E-state index contributed by atoms with van der Waals surface area (Å²) in [5.41, 5.74) is 5.67. The van der Waals surface area contributed by atoms with Crippen molar-refractivity contribution in [2.24, 2.45) is 5.73 Å². The quantitative estimate of drug-likeness (QED) is 0.687. The fourth-order valence-electron chi connectivity index (χ4n) is 3.74. The molecule has 10 heteroatoms. The zero-order valence-electron chi connectivity index (χ0n) is 16.4. The van der Waals surface area contributed by atoms with E-state index in [4.69, 9.17) is 19.9 Å². The molecule has 2 aliphatic heterocycles. The number of alkyl halides is 1. The van der Waals surface area contributed by atoms with Crippen LogP contribution in [0, 0.1) is 5.82 Å². The van der Waals surface area contributed by atoms with E-state index in [1.165, 1.54) is 31.3 Å². The molecule has 2 fully saturated rings. The van der Waals surface area contributed by atoms with E-state index < -0.39 is 35.9 Å². The number of nitrogens with zero attached hydrogens (tertiary/aromatic N) is 2. The van der Waals surface area contributed by atoms with Gasteiger partial charge in [-0.15, -0.1) is 0 Å². The van der Waals surface area contributed by atoms with Crippen LogP contribution in [0.1, 0.15) is 19.3 Å². The van der Waals surface area contributed by atoms with Crippen molar-refractivity contribution in [3.05, 3.63) is 24.0 Å². The lowest BCUT2D eigenvalue weighted by Crippen LogP contribution is -2.56. The molecule has 2 heterocycles. The normalized spacial score (nSPS) is 23.9. The summed E-state index contributed by atoms with van der Waals surface area (Å²) in [6, 6.07) is 4.31. The van der Waals surface area contributed by atoms with Gasteiger partial charge in [0.05, 0.1) is 24.5 Å². The SMILES string of the molecule is COC1(OC)CCN(c2ccc(N3CC(CCC(N)=O)OC3=O)cc2F)CC1F. The molecule has 3 rings (SSSR count). The Morgan fingerprint density at radius 1 is 1.34 bits per heavy atom. The summed E-state index contributed by atoms with van der Waals surface area (Å²) in [5.74, 6) is -2.38. The van der Waals surface area contributed by atoms with Crippen LogP contribution in [0.4, 0.5) is 25.0 Å². The monoisotopic (exact) mass is 413 g/mol. The lowest BCUT2D eigenvalue weighted by Gasteiger charge is -2.43. The number of halogens is 2. The molecule has 0 aromatic heterocycles.